The van der Waals surface area contributed by atoms with E-state index in [1.54, 1.807) is 30.6 Å². The molecule has 1 N–H and O–H groups in total. The molecule has 3 aromatic rings. The number of nitrogens with one attached hydrogen (secondary N) is 1. The zero-order valence-electron chi connectivity index (χ0n) is 18.2. The van der Waals surface area contributed by atoms with Crippen molar-refractivity contribution >= 4 is 29.2 Å². The van der Waals surface area contributed by atoms with Gasteiger partial charge in [0.25, 0.3) is 0 Å². The first kappa shape index (κ1) is 22.1. The van der Waals surface area contributed by atoms with E-state index in [1.807, 2.05) is 18.2 Å². The number of aromatic nitrogens is 3. The van der Waals surface area contributed by atoms with Gasteiger partial charge >= 0.3 is 0 Å². The second-order valence-electron chi connectivity index (χ2n) is 7.78. The number of anilines is 1. The molecule has 0 amide bonds. The Hall–Kier alpha value is -2.12. The third-order valence-electron chi connectivity index (χ3n) is 5.72. The van der Waals surface area contributed by atoms with E-state index in [4.69, 9.17) is 4.74 Å². The van der Waals surface area contributed by atoms with Crippen molar-refractivity contribution < 1.29 is 4.74 Å². The van der Waals surface area contributed by atoms with Crippen molar-refractivity contribution in [2.24, 2.45) is 0 Å². The molecule has 1 heterocycles. The molecular formula is C24H30N4OS2. The number of hydrogen-bond donors (Lipinski definition) is 1. The van der Waals surface area contributed by atoms with Gasteiger partial charge in [0.05, 0.1) is 13.7 Å². The van der Waals surface area contributed by atoms with Crippen molar-refractivity contribution in [2.45, 2.75) is 60.5 Å². The predicted octanol–water partition coefficient (Wildman–Crippen LogP) is 6.42. The summed E-state index contributed by atoms with van der Waals surface area (Å²) < 4.78 is 7.74. The van der Waals surface area contributed by atoms with Crippen LogP contribution in [-0.4, -0.2) is 28.1 Å². The van der Waals surface area contributed by atoms with Crippen molar-refractivity contribution in [3.63, 3.8) is 0 Å². The number of thioether (sulfide) groups is 2. The van der Waals surface area contributed by atoms with Gasteiger partial charge in [0.2, 0.25) is 0 Å². The Morgan fingerprint density at radius 1 is 1.06 bits per heavy atom. The second-order valence-corrected chi connectivity index (χ2v) is 9.61. The van der Waals surface area contributed by atoms with Gasteiger partial charge < -0.3 is 14.6 Å². The zero-order chi connectivity index (χ0) is 21.5. The van der Waals surface area contributed by atoms with Crippen LogP contribution in [0.5, 0.6) is 5.75 Å². The average Bonchev–Trinajstić information content (AvgIpc) is 3.25. The lowest BCUT2D eigenvalue weighted by atomic mass is 9.95. The van der Waals surface area contributed by atoms with Gasteiger partial charge in [-0.2, -0.15) is 0 Å². The van der Waals surface area contributed by atoms with Crippen molar-refractivity contribution in [3.8, 4) is 5.75 Å². The number of rotatable bonds is 9. The van der Waals surface area contributed by atoms with Crippen LogP contribution < -0.4 is 10.1 Å². The van der Waals surface area contributed by atoms with Gasteiger partial charge in [-0.05, 0) is 48.9 Å². The van der Waals surface area contributed by atoms with Crippen LogP contribution in [-0.2, 0) is 12.3 Å². The van der Waals surface area contributed by atoms with E-state index >= 15 is 0 Å². The van der Waals surface area contributed by atoms with Gasteiger partial charge in [-0.3, -0.25) is 0 Å². The molecule has 2 aromatic carbocycles. The molecule has 1 saturated carbocycles. The lowest BCUT2D eigenvalue weighted by molar-refractivity contribution is 0.330. The average molecular weight is 455 g/mol. The first-order chi connectivity index (χ1) is 15.3. The van der Waals surface area contributed by atoms with Crippen LogP contribution in [0.1, 0.15) is 49.5 Å². The van der Waals surface area contributed by atoms with Gasteiger partial charge in [0, 0.05) is 28.4 Å². The third-order valence-corrected chi connectivity index (χ3v) is 7.48. The van der Waals surface area contributed by atoms with Crippen molar-refractivity contribution in [1.29, 1.82) is 0 Å². The fourth-order valence-electron chi connectivity index (χ4n) is 4.02. The minimum absolute atomic E-state index is 0.493. The summed E-state index contributed by atoms with van der Waals surface area (Å²) in [5, 5.41) is 13.7. The molecule has 1 fully saturated rings. The maximum atomic E-state index is 5.34. The van der Waals surface area contributed by atoms with E-state index in [1.165, 1.54) is 42.6 Å². The minimum atomic E-state index is 0.493. The first-order valence-electron chi connectivity index (χ1n) is 10.8. The summed E-state index contributed by atoms with van der Waals surface area (Å²) in [5.74, 6) is 2.76. The summed E-state index contributed by atoms with van der Waals surface area (Å²) >= 11 is 3.56. The Morgan fingerprint density at radius 3 is 2.61 bits per heavy atom. The highest BCUT2D eigenvalue weighted by atomic mass is 32.2. The quantitative estimate of drug-likeness (QED) is 0.377. The molecule has 4 rings (SSSR count). The van der Waals surface area contributed by atoms with Gasteiger partial charge in [0.1, 0.15) is 5.75 Å². The molecular weight excluding hydrogens is 424 g/mol. The lowest BCUT2D eigenvalue weighted by Crippen LogP contribution is -2.18. The van der Waals surface area contributed by atoms with Crippen LogP contribution in [0.25, 0.3) is 0 Å². The molecule has 5 nitrogen and oxygen atoms in total. The highest BCUT2D eigenvalue weighted by Gasteiger charge is 2.23. The molecule has 0 saturated heterocycles. The van der Waals surface area contributed by atoms with E-state index in [0.717, 1.165) is 28.2 Å². The highest BCUT2D eigenvalue weighted by Crippen LogP contribution is 2.34. The van der Waals surface area contributed by atoms with Gasteiger partial charge in [0.15, 0.2) is 11.0 Å². The van der Waals surface area contributed by atoms with E-state index < -0.39 is 0 Å². The molecule has 31 heavy (non-hydrogen) atoms. The molecule has 0 aliphatic heterocycles. The Kier molecular flexibility index (Phi) is 7.81. The molecule has 1 aliphatic rings. The van der Waals surface area contributed by atoms with E-state index in [2.05, 4.69) is 56.7 Å². The van der Waals surface area contributed by atoms with Gasteiger partial charge in [-0.1, -0.05) is 49.2 Å². The predicted molar refractivity (Wildman–Crippen MR) is 130 cm³/mol. The molecule has 0 bridgehead atoms. The number of ether oxygens (including phenoxy) is 1. The zero-order valence-corrected chi connectivity index (χ0v) is 19.8. The Balaban J connectivity index is 1.49. The summed E-state index contributed by atoms with van der Waals surface area (Å²) in [6.45, 7) is 0.652. The van der Waals surface area contributed by atoms with Crippen LogP contribution in [0.2, 0.25) is 0 Å². The smallest absolute Gasteiger partial charge is 0.191 e. The van der Waals surface area contributed by atoms with Gasteiger partial charge in [-0.25, -0.2) is 0 Å². The summed E-state index contributed by atoms with van der Waals surface area (Å²) in [7, 11) is 1.69. The maximum Gasteiger partial charge on any atom is 0.191 e. The molecule has 0 spiro atoms. The fraction of sp³-hybridized carbons (Fsp3) is 0.417. The van der Waals surface area contributed by atoms with Crippen LogP contribution in [0.4, 0.5) is 5.69 Å². The molecule has 164 valence electrons. The standard InChI is InChI=1S/C24H30N4OS2/c1-29-21-10-6-7-19(15-21)25-16-23-26-27-24(28(23)20-8-4-3-5-9-20)31-17-18-11-13-22(30-2)14-12-18/h6-7,10-15,20,25H,3-5,8-9,16-17H2,1-2H3. The number of hydrogen-bond acceptors (Lipinski definition) is 6. The Morgan fingerprint density at radius 2 is 1.87 bits per heavy atom. The SMILES string of the molecule is COc1cccc(NCc2nnc(SCc3ccc(SC)cc3)n2C2CCCCC2)c1. The summed E-state index contributed by atoms with van der Waals surface area (Å²) in [6.07, 6.45) is 8.43. The van der Waals surface area contributed by atoms with E-state index in [-0.39, 0.29) is 0 Å². The molecule has 1 aliphatic carbocycles. The number of nitrogens with zero attached hydrogens (tertiary/aromatic N) is 3. The van der Waals surface area contributed by atoms with Crippen molar-refractivity contribution in [3.05, 3.63) is 59.9 Å². The highest BCUT2D eigenvalue weighted by molar-refractivity contribution is 7.98. The monoisotopic (exact) mass is 454 g/mol. The fourth-order valence-corrected chi connectivity index (χ4v) is 5.40. The third kappa shape index (κ3) is 5.77. The van der Waals surface area contributed by atoms with Crippen LogP contribution >= 0.6 is 23.5 Å². The van der Waals surface area contributed by atoms with Gasteiger partial charge in [-0.15, -0.1) is 22.0 Å². The number of methoxy groups -OCH3 is 1. The molecule has 7 heteroatoms. The Labute approximate surface area is 193 Å². The normalized spacial score (nSPS) is 14.5. The summed E-state index contributed by atoms with van der Waals surface area (Å²) in [5.41, 5.74) is 2.35. The van der Waals surface area contributed by atoms with Crippen LogP contribution in [0, 0.1) is 0 Å². The van der Waals surface area contributed by atoms with Crippen molar-refractivity contribution in [1.82, 2.24) is 14.8 Å². The largest absolute Gasteiger partial charge is 0.497 e. The topological polar surface area (TPSA) is 52.0 Å². The molecule has 1 aromatic heterocycles. The van der Waals surface area contributed by atoms with E-state index in [0.29, 0.717) is 12.6 Å². The molecule has 0 unspecified atom stereocenters. The summed E-state index contributed by atoms with van der Waals surface area (Å²) in [4.78, 5) is 1.30. The van der Waals surface area contributed by atoms with E-state index in [9.17, 15) is 0 Å². The lowest BCUT2D eigenvalue weighted by Gasteiger charge is -2.25. The minimum Gasteiger partial charge on any atom is -0.497 e. The maximum absolute atomic E-state index is 5.34. The first-order valence-corrected chi connectivity index (χ1v) is 13.1. The summed E-state index contributed by atoms with van der Waals surface area (Å²) in [6, 6.07) is 17.3. The number of benzene rings is 2. The molecule has 0 radical (unpaired) electrons. The second kappa shape index (κ2) is 11.0. The van der Waals surface area contributed by atoms with Crippen LogP contribution in [0.15, 0.2) is 58.6 Å². The Bertz CT molecular complexity index is 968. The van der Waals surface area contributed by atoms with Crippen molar-refractivity contribution in [2.75, 3.05) is 18.7 Å². The molecule has 0 atom stereocenters. The van der Waals surface area contributed by atoms with Crippen LogP contribution in [0.3, 0.4) is 0 Å².